The Labute approximate surface area is 481 Å². The van der Waals surface area contributed by atoms with Gasteiger partial charge in [0, 0.05) is 44.0 Å². The number of rotatable bonds is 6. The summed E-state index contributed by atoms with van der Waals surface area (Å²) in [6, 6.07) is 106. The minimum atomic E-state index is 1.00. The van der Waals surface area contributed by atoms with Gasteiger partial charge >= 0.3 is 0 Å². The van der Waals surface area contributed by atoms with E-state index in [9.17, 15) is 0 Å². The summed E-state index contributed by atoms with van der Waals surface area (Å²) in [5.41, 5.74) is 16.2. The Morgan fingerprint density at radius 2 is 0.639 bits per heavy atom. The molecular formula is C79H47N3S. The molecule has 3 heterocycles. The third kappa shape index (κ3) is 6.94. The Morgan fingerprint density at radius 1 is 0.241 bits per heavy atom. The Kier molecular flexibility index (Phi) is 9.96. The minimum Gasteiger partial charge on any atom is -0.309 e. The lowest BCUT2D eigenvalue weighted by atomic mass is 9.92. The van der Waals surface area contributed by atoms with Crippen LogP contribution in [0.2, 0.25) is 0 Å². The summed E-state index contributed by atoms with van der Waals surface area (Å²) in [6.45, 7) is 0. The van der Waals surface area contributed by atoms with Crippen LogP contribution in [0.3, 0.4) is 0 Å². The molecule has 3 nitrogen and oxygen atoms in total. The van der Waals surface area contributed by atoms with Gasteiger partial charge in [-0.25, -0.2) is 4.98 Å². The molecule has 18 aromatic rings. The third-order valence-electron chi connectivity index (χ3n) is 17.7. The van der Waals surface area contributed by atoms with E-state index in [0.717, 1.165) is 33.0 Å². The summed E-state index contributed by atoms with van der Waals surface area (Å²) >= 11 is 1.78. The number of hydrogen-bond donors (Lipinski definition) is 0. The van der Waals surface area contributed by atoms with Crippen molar-refractivity contribution < 1.29 is 0 Å². The molecular weight excluding hydrogens is 1020 g/mol. The average Bonchev–Trinajstić information content (AvgIpc) is 3.22. The Hall–Kier alpha value is -10.7. The first-order valence-corrected chi connectivity index (χ1v) is 29.3. The number of nitrogens with zero attached hydrogens (tertiary/aromatic N) is 3. The summed E-state index contributed by atoms with van der Waals surface area (Å²) in [5, 5.41) is 21.3. The first kappa shape index (κ1) is 46.1. The largest absolute Gasteiger partial charge is 0.309 e. The first-order valence-electron chi connectivity index (χ1n) is 28.5. The van der Waals surface area contributed by atoms with Crippen molar-refractivity contribution in [3.63, 3.8) is 0 Å². The monoisotopic (exact) mass is 1070 g/mol. The van der Waals surface area contributed by atoms with Gasteiger partial charge in [0.15, 0.2) is 0 Å². The Balaban J connectivity index is 0.788. The van der Waals surface area contributed by atoms with Gasteiger partial charge in [-0.05, 0) is 159 Å². The molecule has 0 fully saturated rings. The van der Waals surface area contributed by atoms with Crippen molar-refractivity contribution in [3.05, 3.63) is 285 Å². The van der Waals surface area contributed by atoms with Crippen molar-refractivity contribution in [2.24, 2.45) is 0 Å². The molecule has 15 aromatic carbocycles. The van der Waals surface area contributed by atoms with Crippen LogP contribution in [-0.4, -0.2) is 14.1 Å². The van der Waals surface area contributed by atoms with Crippen LogP contribution in [0, 0.1) is 0 Å². The molecule has 0 saturated carbocycles. The van der Waals surface area contributed by atoms with Gasteiger partial charge in [0.05, 0.1) is 32.3 Å². The molecule has 0 bridgehead atoms. The highest BCUT2D eigenvalue weighted by atomic mass is 32.1. The second-order valence-corrected chi connectivity index (χ2v) is 23.1. The fourth-order valence-corrected chi connectivity index (χ4v) is 15.0. The first-order chi connectivity index (χ1) is 41.2. The zero-order valence-electron chi connectivity index (χ0n) is 44.9. The molecule has 3 aromatic heterocycles. The summed E-state index contributed by atoms with van der Waals surface area (Å²) in [6.07, 6.45) is 0. The average molecular weight is 1070 g/mol. The lowest BCUT2D eigenvalue weighted by molar-refractivity contribution is 1.18. The normalized spacial score (nSPS) is 12.1. The van der Waals surface area contributed by atoms with Crippen molar-refractivity contribution in [1.29, 1.82) is 0 Å². The maximum absolute atomic E-state index is 5.27. The fourth-order valence-electron chi connectivity index (χ4n) is 13.9. The number of benzene rings is 15. The molecule has 384 valence electrons. The van der Waals surface area contributed by atoms with E-state index in [4.69, 9.17) is 4.98 Å². The second kappa shape index (κ2) is 17.9. The van der Waals surface area contributed by atoms with Crippen LogP contribution in [0.1, 0.15) is 0 Å². The molecule has 0 unspecified atom stereocenters. The van der Waals surface area contributed by atoms with Crippen LogP contribution in [0.15, 0.2) is 285 Å². The SMILES string of the molecule is c1ccc(-c2nc3ccc4c5cc(-c6cccc7c8ccccc8n(-c8ccc(-c9ccc%10c%11ccccc%11c%11ccccc%11c%10c9)cc8)c67)ccc5n(-c5ccc(-c6ccc7c8ccccc8c8ccccc8c7c6)cc5)c4c3s2)cc1. The molecule has 0 amide bonds. The van der Waals surface area contributed by atoms with E-state index in [1.165, 1.54) is 141 Å². The number of thiazole rings is 1. The predicted molar refractivity (Wildman–Crippen MR) is 355 cm³/mol. The summed E-state index contributed by atoms with van der Waals surface area (Å²) in [4.78, 5) is 5.27. The Morgan fingerprint density at radius 3 is 1.19 bits per heavy atom. The quantitative estimate of drug-likeness (QED) is 0.152. The molecule has 18 rings (SSSR count). The van der Waals surface area contributed by atoms with E-state index in [0.29, 0.717) is 0 Å². The molecule has 0 aliphatic heterocycles. The molecule has 0 saturated heterocycles. The molecule has 0 radical (unpaired) electrons. The van der Waals surface area contributed by atoms with Gasteiger partial charge in [-0.1, -0.05) is 218 Å². The van der Waals surface area contributed by atoms with Crippen LogP contribution >= 0.6 is 11.3 Å². The van der Waals surface area contributed by atoms with Gasteiger partial charge in [-0.15, -0.1) is 11.3 Å². The fraction of sp³-hybridized carbons (Fsp3) is 0. The lowest BCUT2D eigenvalue weighted by Gasteiger charge is -2.14. The van der Waals surface area contributed by atoms with E-state index < -0.39 is 0 Å². The molecule has 0 N–H and O–H groups in total. The van der Waals surface area contributed by atoms with Crippen molar-refractivity contribution in [3.8, 4) is 55.3 Å². The number of para-hydroxylation sites is 2. The van der Waals surface area contributed by atoms with Crippen LogP contribution in [-0.2, 0) is 0 Å². The lowest BCUT2D eigenvalue weighted by Crippen LogP contribution is -1.96. The van der Waals surface area contributed by atoms with Crippen molar-refractivity contribution in [2.45, 2.75) is 0 Å². The molecule has 0 atom stereocenters. The Bertz CT molecular complexity index is 5660. The van der Waals surface area contributed by atoms with E-state index in [2.05, 4.69) is 294 Å². The van der Waals surface area contributed by atoms with Gasteiger partial charge < -0.3 is 9.13 Å². The van der Waals surface area contributed by atoms with Crippen molar-refractivity contribution in [1.82, 2.24) is 14.1 Å². The van der Waals surface area contributed by atoms with E-state index in [1.54, 1.807) is 11.3 Å². The van der Waals surface area contributed by atoms with Crippen LogP contribution in [0.25, 0.3) is 174 Å². The second-order valence-electron chi connectivity index (χ2n) is 22.1. The van der Waals surface area contributed by atoms with E-state index in [-0.39, 0.29) is 0 Å². The van der Waals surface area contributed by atoms with Crippen molar-refractivity contribution in [2.75, 3.05) is 0 Å². The van der Waals surface area contributed by atoms with Gasteiger partial charge in [0.2, 0.25) is 0 Å². The van der Waals surface area contributed by atoms with Gasteiger partial charge in [0.1, 0.15) is 5.01 Å². The highest BCUT2D eigenvalue weighted by molar-refractivity contribution is 7.22. The van der Waals surface area contributed by atoms with Gasteiger partial charge in [-0.2, -0.15) is 0 Å². The van der Waals surface area contributed by atoms with Crippen LogP contribution in [0.5, 0.6) is 0 Å². The van der Waals surface area contributed by atoms with Gasteiger partial charge in [0.25, 0.3) is 0 Å². The smallest absolute Gasteiger partial charge is 0.124 e. The minimum absolute atomic E-state index is 1.00. The zero-order valence-corrected chi connectivity index (χ0v) is 45.7. The van der Waals surface area contributed by atoms with Gasteiger partial charge in [-0.3, -0.25) is 0 Å². The summed E-state index contributed by atoms with van der Waals surface area (Å²) < 4.78 is 6.13. The van der Waals surface area contributed by atoms with E-state index >= 15 is 0 Å². The van der Waals surface area contributed by atoms with E-state index in [1.807, 2.05) is 0 Å². The summed E-state index contributed by atoms with van der Waals surface area (Å²) in [5.74, 6) is 0. The number of aromatic nitrogens is 3. The van der Waals surface area contributed by atoms with Crippen LogP contribution in [0.4, 0.5) is 0 Å². The number of hydrogen-bond acceptors (Lipinski definition) is 2. The topological polar surface area (TPSA) is 22.8 Å². The maximum atomic E-state index is 5.27. The zero-order chi connectivity index (χ0) is 54.3. The van der Waals surface area contributed by atoms with Crippen molar-refractivity contribution >= 4 is 130 Å². The predicted octanol–water partition coefficient (Wildman–Crippen LogP) is 22.1. The molecule has 83 heavy (non-hydrogen) atoms. The molecule has 4 heteroatoms. The molecule has 0 aliphatic rings. The third-order valence-corrected chi connectivity index (χ3v) is 18.8. The standard InChI is InChI=1S/C79H47N3S/c1-2-15-50(16-3-1)79-80-73-43-42-69-72-47-53(35-44-75(72)82(77(69)78(73)83-79)55-38-31-49(32-39-55)52-34-41-66-62-22-7-5-18-58(62)60-20-9-11-24-64(60)71(66)46-52)56-26-14-27-68-67-25-12-13-28-74(67)81(76(56)68)54-36-29-48(30-37-54)51-33-40-65-61-21-6-4-17-57(61)59-19-8-10-23-63(59)70(65)45-51/h1-47H. The molecule has 0 spiro atoms. The summed E-state index contributed by atoms with van der Waals surface area (Å²) in [7, 11) is 0. The number of fused-ring (bicyclic) bond motifs is 20. The highest BCUT2D eigenvalue weighted by Crippen LogP contribution is 2.46. The van der Waals surface area contributed by atoms with Crippen LogP contribution < -0.4 is 0 Å². The highest BCUT2D eigenvalue weighted by Gasteiger charge is 2.22. The maximum Gasteiger partial charge on any atom is 0.124 e. The molecule has 0 aliphatic carbocycles.